The van der Waals surface area contributed by atoms with Gasteiger partial charge in [-0.3, -0.25) is 0 Å². The number of alkyl halides is 2. The van der Waals surface area contributed by atoms with Gasteiger partial charge in [0.2, 0.25) is 0 Å². The van der Waals surface area contributed by atoms with Crippen LogP contribution in [0, 0.1) is 0 Å². The van der Waals surface area contributed by atoms with E-state index in [1.807, 2.05) is 24.3 Å². The van der Waals surface area contributed by atoms with Crippen molar-refractivity contribution in [1.82, 2.24) is 0 Å². The number of hydrogen-bond acceptors (Lipinski definition) is 2. The van der Waals surface area contributed by atoms with Crippen molar-refractivity contribution in [2.45, 2.75) is 8.99 Å². The molecule has 0 heterocycles. The van der Waals surface area contributed by atoms with Gasteiger partial charge in [0.15, 0.2) is 13.3 Å². The summed E-state index contributed by atoms with van der Waals surface area (Å²) in [4.78, 5) is 0. The highest BCUT2D eigenvalue weighted by molar-refractivity contribution is 9.27. The summed E-state index contributed by atoms with van der Waals surface area (Å²) in [6.07, 6.45) is 0.380. The van der Waals surface area contributed by atoms with E-state index in [0.717, 1.165) is 10.0 Å². The van der Waals surface area contributed by atoms with Crippen LogP contribution < -0.4 is 0 Å². The van der Waals surface area contributed by atoms with Gasteiger partial charge in [-0.15, -0.1) is 0 Å². The van der Waals surface area contributed by atoms with Crippen LogP contribution in [0.1, 0.15) is 5.56 Å². The number of halogens is 3. The maximum absolute atomic E-state index is 10.8. The Labute approximate surface area is 109 Å². The van der Waals surface area contributed by atoms with Crippen LogP contribution in [0.25, 0.3) is 0 Å². The second-order valence-corrected chi connectivity index (χ2v) is 9.92. The molecule has 0 aliphatic heterocycles. The Balaban J connectivity index is 2.89. The zero-order valence-corrected chi connectivity index (χ0v) is 12.6. The van der Waals surface area contributed by atoms with Crippen LogP contribution in [-0.2, 0) is 17.1 Å². The molecule has 0 N–H and O–H groups in total. The molecule has 0 aromatic heterocycles. The van der Waals surface area contributed by atoms with Gasteiger partial charge in [-0.1, -0.05) is 59.9 Å². The van der Waals surface area contributed by atoms with Crippen LogP contribution in [0.5, 0.6) is 0 Å². The molecule has 0 aliphatic carbocycles. The number of thiol groups is 1. The zero-order valence-electron chi connectivity index (χ0n) is 6.91. The lowest BCUT2D eigenvalue weighted by Crippen LogP contribution is -2.16. The summed E-state index contributed by atoms with van der Waals surface area (Å²) in [5.74, 6) is 0. The quantitative estimate of drug-likeness (QED) is 0.618. The summed E-state index contributed by atoms with van der Waals surface area (Å²) in [6, 6.07) is 7.52. The van der Waals surface area contributed by atoms with E-state index < -0.39 is 13.3 Å². The van der Waals surface area contributed by atoms with Crippen LogP contribution in [0.4, 0.5) is 0 Å². The fraction of sp³-hybridized carbons (Fsp3) is 0.250. The first-order valence-corrected chi connectivity index (χ1v) is 7.24. The molecule has 0 saturated heterocycles. The molecule has 0 atom stereocenters. The molecule has 0 fully saturated rings. The maximum Gasteiger partial charge on any atom is 0.182 e. The Morgan fingerprint density at radius 3 is 2.43 bits per heavy atom. The molecule has 6 heteroatoms. The fourth-order valence-electron chi connectivity index (χ4n) is 0.957. The minimum absolute atomic E-state index is 0.380. The van der Waals surface area contributed by atoms with Crippen molar-refractivity contribution < 1.29 is 8.42 Å². The van der Waals surface area contributed by atoms with Gasteiger partial charge in [0.1, 0.15) is 0 Å². The molecule has 0 spiro atoms. The first kappa shape index (κ1) is 12.7. The summed E-state index contributed by atoms with van der Waals surface area (Å²) in [7, 11) is -2.56. The van der Waals surface area contributed by atoms with Crippen LogP contribution in [0.2, 0.25) is 0 Å². The topological polar surface area (TPSA) is 34.1 Å². The average molecular weight is 407 g/mol. The number of benzene rings is 1. The molecule has 2 nitrogen and oxygen atoms in total. The summed E-state index contributed by atoms with van der Waals surface area (Å²) < 4.78 is 21.6. The van der Waals surface area contributed by atoms with Gasteiger partial charge >= 0.3 is 0 Å². The normalized spacial score (nSPS) is 12.0. The van der Waals surface area contributed by atoms with Crippen LogP contribution >= 0.6 is 47.8 Å². The molecule has 14 heavy (non-hydrogen) atoms. The van der Waals surface area contributed by atoms with E-state index in [4.69, 9.17) is 0 Å². The summed E-state index contributed by atoms with van der Waals surface area (Å²) in [5, 5.41) is 0. The van der Waals surface area contributed by atoms with E-state index in [-0.39, 0.29) is 0 Å². The molecule has 1 aromatic carbocycles. The van der Waals surface area contributed by atoms with Crippen LogP contribution in [0.15, 0.2) is 28.7 Å². The molecule has 1 aromatic rings. The van der Waals surface area contributed by atoms with Gasteiger partial charge in [0.25, 0.3) is 0 Å². The second-order valence-electron chi connectivity index (χ2n) is 2.73. The average Bonchev–Trinajstić information content (AvgIpc) is 2.02. The van der Waals surface area contributed by atoms with E-state index in [9.17, 15) is 8.42 Å². The van der Waals surface area contributed by atoms with E-state index in [1.165, 1.54) is 0 Å². The highest BCUT2D eigenvalue weighted by atomic mass is 79.9. The first-order valence-electron chi connectivity index (χ1n) is 3.68. The van der Waals surface area contributed by atoms with Crippen molar-refractivity contribution >= 4 is 58.5 Å². The molecule has 0 bridgehead atoms. The van der Waals surface area contributed by atoms with Gasteiger partial charge in [-0.2, -0.15) is 0 Å². The van der Waals surface area contributed by atoms with Gasteiger partial charge in [0.05, 0.1) is 0 Å². The third-order valence-corrected chi connectivity index (χ3v) is 5.06. The summed E-state index contributed by atoms with van der Waals surface area (Å²) in [6.45, 7) is 0. The van der Waals surface area contributed by atoms with Gasteiger partial charge < -0.3 is 0 Å². The molecule has 78 valence electrons. The van der Waals surface area contributed by atoms with E-state index in [2.05, 4.69) is 47.8 Å². The highest BCUT2D eigenvalue weighted by Gasteiger charge is 2.26. The third kappa shape index (κ3) is 3.64. The summed E-state index contributed by atoms with van der Waals surface area (Å²) >= 11 is 9.55. The Hall–Kier alpha value is 0.610. The van der Waals surface area contributed by atoms with E-state index in [0.29, 0.717) is 6.42 Å². The predicted molar refractivity (Wildman–Crippen MR) is 68.7 cm³/mol. The van der Waals surface area contributed by atoms with Crippen molar-refractivity contribution in [2.75, 3.05) is 0 Å². The monoisotopic (exact) mass is 404 g/mol. The second kappa shape index (κ2) is 5.09. The Kier molecular flexibility index (Phi) is 4.61. The lowest BCUT2D eigenvalue weighted by Gasteiger charge is -2.12. The zero-order chi connectivity index (χ0) is 10.8. The predicted octanol–water partition coefficient (Wildman–Crippen LogP) is 3.05. The standard InChI is InChI=1S/C8H7Br3O2S/c9-7-3-1-2-6(4-7)5-8(10,11)14(12)13/h1-4,14H,5H2. The molecular formula is C8H7Br3O2S. The Morgan fingerprint density at radius 2 is 1.93 bits per heavy atom. The van der Waals surface area contributed by atoms with Crippen molar-refractivity contribution in [2.24, 2.45) is 0 Å². The molecular weight excluding hydrogens is 400 g/mol. The lowest BCUT2D eigenvalue weighted by molar-refractivity contribution is 0.610. The SMILES string of the molecule is O=[SH](=O)C(Br)(Br)Cc1cccc(Br)c1. The van der Waals surface area contributed by atoms with Crippen molar-refractivity contribution in [3.05, 3.63) is 34.3 Å². The third-order valence-electron chi connectivity index (χ3n) is 1.57. The first-order chi connectivity index (χ1) is 6.42. The number of rotatable bonds is 3. The van der Waals surface area contributed by atoms with Gasteiger partial charge in [0, 0.05) is 10.9 Å². The smallest absolute Gasteiger partial charge is 0.182 e. The molecule has 0 aliphatic rings. The highest BCUT2D eigenvalue weighted by Crippen LogP contribution is 2.31. The lowest BCUT2D eigenvalue weighted by atomic mass is 10.2. The van der Waals surface area contributed by atoms with Gasteiger partial charge in [-0.05, 0) is 17.7 Å². The van der Waals surface area contributed by atoms with Crippen LogP contribution in [-0.4, -0.2) is 11.0 Å². The van der Waals surface area contributed by atoms with Gasteiger partial charge in [-0.25, -0.2) is 8.42 Å². The minimum atomic E-state index is -2.56. The molecule has 0 saturated carbocycles. The largest absolute Gasteiger partial charge is 0.230 e. The molecule has 0 amide bonds. The number of hydrogen-bond donors (Lipinski definition) is 1. The van der Waals surface area contributed by atoms with E-state index in [1.54, 1.807) is 0 Å². The minimum Gasteiger partial charge on any atom is -0.230 e. The molecule has 0 unspecified atom stereocenters. The Bertz CT molecular complexity index is 393. The van der Waals surface area contributed by atoms with Crippen LogP contribution in [0.3, 0.4) is 0 Å². The maximum atomic E-state index is 10.8. The van der Waals surface area contributed by atoms with Crippen molar-refractivity contribution in [3.8, 4) is 0 Å². The van der Waals surface area contributed by atoms with Crippen molar-refractivity contribution in [3.63, 3.8) is 0 Å². The molecule has 1 rings (SSSR count). The molecule has 0 radical (unpaired) electrons. The van der Waals surface area contributed by atoms with Crippen molar-refractivity contribution in [1.29, 1.82) is 0 Å². The Morgan fingerprint density at radius 1 is 1.29 bits per heavy atom. The summed E-state index contributed by atoms with van der Waals surface area (Å²) in [5.41, 5.74) is 0.937. The fourth-order valence-corrected chi connectivity index (χ4v) is 2.36. The van der Waals surface area contributed by atoms with E-state index >= 15 is 0 Å².